The minimum atomic E-state index is -0.624. The first-order valence-corrected chi connectivity index (χ1v) is 17.3. The Morgan fingerprint density at radius 3 is 2.33 bits per heavy atom. The van der Waals surface area contributed by atoms with E-state index in [1.54, 1.807) is 23.9 Å². The molecule has 0 fully saturated rings. The summed E-state index contributed by atoms with van der Waals surface area (Å²) in [5.74, 6) is -1.28. The summed E-state index contributed by atoms with van der Waals surface area (Å²) in [4.78, 5) is 65.0. The normalized spacial score (nSPS) is 19.3. The van der Waals surface area contributed by atoms with Gasteiger partial charge in [0.15, 0.2) is 5.69 Å². The van der Waals surface area contributed by atoms with Crippen molar-refractivity contribution >= 4 is 35.0 Å². The molecule has 1 aromatic carbocycles. The Morgan fingerprint density at radius 1 is 0.959 bits per heavy atom. The zero-order chi connectivity index (χ0) is 35.6. The second-order valence-electron chi connectivity index (χ2n) is 13.2. The number of aryl methyl sites for hydroxylation is 2. The topological polar surface area (TPSA) is 164 Å². The maximum atomic E-state index is 14.0. The van der Waals surface area contributed by atoms with E-state index in [1.165, 1.54) is 16.2 Å². The number of carbonyl (C=O) groups is 4. The number of carbonyl (C=O) groups excluding carboxylic acids is 4. The molecule has 4 aromatic rings. The fraction of sp³-hybridized carbons (Fsp3) is 0.457. The van der Waals surface area contributed by atoms with Gasteiger partial charge in [-0.05, 0) is 51.7 Å². The largest absolute Gasteiger partial charge is 0.443 e. The molecule has 3 N–H and O–H groups in total. The van der Waals surface area contributed by atoms with Crippen molar-refractivity contribution in [2.45, 2.75) is 79.9 Å². The number of amides is 4. The molecule has 260 valence electrons. The number of nitrogens with zero attached hydrogens (tertiary/aromatic N) is 5. The molecule has 5 rings (SSSR count). The summed E-state index contributed by atoms with van der Waals surface area (Å²) < 4.78 is 7.71. The number of aromatic nitrogens is 4. The van der Waals surface area contributed by atoms with Crippen LogP contribution in [0.4, 0.5) is 0 Å². The Kier molecular flexibility index (Phi) is 10.7. The van der Waals surface area contributed by atoms with E-state index in [1.807, 2.05) is 71.9 Å². The van der Waals surface area contributed by atoms with Crippen LogP contribution in [-0.2, 0) is 16.0 Å². The molecule has 3 aromatic heterocycles. The van der Waals surface area contributed by atoms with Crippen molar-refractivity contribution in [3.05, 3.63) is 80.7 Å². The van der Waals surface area contributed by atoms with Crippen molar-refractivity contribution in [3.63, 3.8) is 0 Å². The summed E-state index contributed by atoms with van der Waals surface area (Å²) in [6.07, 6.45) is 0.0132. The number of oxazole rings is 1. The number of para-hydroxylation sites is 1. The predicted octanol–water partition coefficient (Wildman–Crippen LogP) is 4.39. The smallest absolute Gasteiger partial charge is 0.273 e. The van der Waals surface area contributed by atoms with Gasteiger partial charge in [-0.1, -0.05) is 45.9 Å². The summed E-state index contributed by atoms with van der Waals surface area (Å²) in [7, 11) is 0. The third-order valence-corrected chi connectivity index (χ3v) is 9.51. The monoisotopic (exact) mass is 688 g/mol. The Balaban J connectivity index is 1.48. The van der Waals surface area contributed by atoms with Crippen molar-refractivity contribution in [1.29, 1.82) is 0 Å². The fourth-order valence-electron chi connectivity index (χ4n) is 5.87. The molecular weight excluding hydrogens is 645 g/mol. The first-order chi connectivity index (χ1) is 23.2. The lowest BCUT2D eigenvalue weighted by Gasteiger charge is -2.28. The van der Waals surface area contributed by atoms with Crippen LogP contribution in [0.5, 0.6) is 0 Å². The van der Waals surface area contributed by atoms with E-state index in [0.717, 1.165) is 16.9 Å². The molecule has 4 bridgehead atoms. The highest BCUT2D eigenvalue weighted by Crippen LogP contribution is 2.28. The Bertz CT molecular complexity index is 1840. The van der Waals surface area contributed by atoms with Gasteiger partial charge in [0.05, 0.1) is 30.4 Å². The molecular formula is C35H44N8O5S. The van der Waals surface area contributed by atoms with E-state index in [2.05, 4.69) is 31.0 Å². The first-order valence-electron chi connectivity index (χ1n) is 16.5. The third kappa shape index (κ3) is 7.90. The molecule has 1 aliphatic heterocycles. The van der Waals surface area contributed by atoms with Gasteiger partial charge in [0.1, 0.15) is 22.5 Å². The van der Waals surface area contributed by atoms with Crippen molar-refractivity contribution in [2.24, 2.45) is 11.8 Å². The van der Waals surface area contributed by atoms with Gasteiger partial charge >= 0.3 is 0 Å². The highest BCUT2D eigenvalue weighted by atomic mass is 32.1. The standard InChI is InChI=1S/C35H44N8O5S/c1-18(2)29-34-40-31(23(8)48-34)33(47)36-20(5)15-42(16-27(44)38-30(19(3)4)35-37-26(17-49-35)32(46)39-29)28(45)14-25-21(6)41-43(22(25)7)24-12-10-9-11-13-24/h9-13,17-20,29-30H,14-16H2,1-8H3,(H,36,47)(H,38,44)(H,39,46)/t20-,29-,30+/m1/s1. The van der Waals surface area contributed by atoms with Crippen LogP contribution in [0.1, 0.15) is 101 Å². The van der Waals surface area contributed by atoms with Gasteiger partial charge in [0, 0.05) is 29.2 Å². The third-order valence-electron chi connectivity index (χ3n) is 8.58. The Morgan fingerprint density at radius 2 is 1.65 bits per heavy atom. The van der Waals surface area contributed by atoms with E-state index in [0.29, 0.717) is 16.5 Å². The summed E-state index contributed by atoms with van der Waals surface area (Å²) >= 11 is 1.28. The van der Waals surface area contributed by atoms with Gasteiger partial charge < -0.3 is 25.3 Å². The van der Waals surface area contributed by atoms with Crippen molar-refractivity contribution < 1.29 is 23.6 Å². The number of hydrogen-bond acceptors (Lipinski definition) is 9. The second-order valence-corrected chi connectivity index (χ2v) is 14.1. The zero-order valence-electron chi connectivity index (χ0n) is 29.2. The predicted molar refractivity (Wildman–Crippen MR) is 184 cm³/mol. The van der Waals surface area contributed by atoms with Gasteiger partial charge in [-0.3, -0.25) is 19.2 Å². The van der Waals surface area contributed by atoms with E-state index in [9.17, 15) is 19.2 Å². The Labute approximate surface area is 289 Å². The summed E-state index contributed by atoms with van der Waals surface area (Å²) in [5, 5.41) is 15.8. The lowest BCUT2D eigenvalue weighted by molar-refractivity contribution is -0.136. The summed E-state index contributed by atoms with van der Waals surface area (Å²) in [6, 6.07) is 7.99. The van der Waals surface area contributed by atoms with E-state index in [-0.39, 0.29) is 54.5 Å². The molecule has 0 spiro atoms. The first kappa shape index (κ1) is 35.5. The lowest BCUT2D eigenvalue weighted by atomic mass is 10.0. The maximum absolute atomic E-state index is 14.0. The van der Waals surface area contributed by atoms with Crippen LogP contribution >= 0.6 is 11.3 Å². The molecule has 4 amide bonds. The minimum Gasteiger partial charge on any atom is -0.443 e. The van der Waals surface area contributed by atoms with Crippen molar-refractivity contribution in [1.82, 2.24) is 40.6 Å². The number of rotatable bonds is 5. The molecule has 1 aliphatic rings. The van der Waals surface area contributed by atoms with E-state index in [4.69, 9.17) is 4.42 Å². The highest BCUT2D eigenvalue weighted by Gasteiger charge is 2.31. The van der Waals surface area contributed by atoms with Gasteiger partial charge in [-0.15, -0.1) is 11.3 Å². The molecule has 3 atom stereocenters. The molecule has 0 aliphatic carbocycles. The van der Waals surface area contributed by atoms with Crippen LogP contribution in [0, 0.1) is 32.6 Å². The second kappa shape index (κ2) is 14.7. The Hall–Kier alpha value is -4.85. The molecule has 0 saturated carbocycles. The quantitative estimate of drug-likeness (QED) is 0.278. The molecule has 4 heterocycles. The average Bonchev–Trinajstić information content (AvgIpc) is 3.76. The molecule has 14 heteroatoms. The molecule has 13 nitrogen and oxygen atoms in total. The van der Waals surface area contributed by atoms with Crippen LogP contribution in [0.15, 0.2) is 40.1 Å². The van der Waals surface area contributed by atoms with E-state index >= 15 is 0 Å². The number of benzene rings is 1. The minimum absolute atomic E-state index is 0.0132. The maximum Gasteiger partial charge on any atom is 0.273 e. The summed E-state index contributed by atoms with van der Waals surface area (Å²) in [6.45, 7) is 14.7. The van der Waals surface area contributed by atoms with Gasteiger partial charge in [-0.2, -0.15) is 5.10 Å². The molecule has 49 heavy (non-hydrogen) atoms. The van der Waals surface area contributed by atoms with Crippen LogP contribution < -0.4 is 16.0 Å². The van der Waals surface area contributed by atoms with E-state index < -0.39 is 35.8 Å². The number of hydrogen-bond donors (Lipinski definition) is 3. The van der Waals surface area contributed by atoms with Crippen LogP contribution in [0.3, 0.4) is 0 Å². The molecule has 0 unspecified atom stereocenters. The van der Waals surface area contributed by atoms with Crippen LogP contribution in [0.25, 0.3) is 5.69 Å². The summed E-state index contributed by atoms with van der Waals surface area (Å²) in [5.41, 5.74) is 3.45. The van der Waals surface area contributed by atoms with Gasteiger partial charge in [-0.25, -0.2) is 14.6 Å². The highest BCUT2D eigenvalue weighted by molar-refractivity contribution is 7.09. The van der Waals surface area contributed by atoms with Crippen molar-refractivity contribution in [3.8, 4) is 5.69 Å². The number of thiazole rings is 1. The lowest BCUT2D eigenvalue weighted by Crippen LogP contribution is -2.49. The number of nitrogens with one attached hydrogen (secondary N) is 3. The average molecular weight is 689 g/mol. The fourth-order valence-corrected chi connectivity index (χ4v) is 6.89. The van der Waals surface area contributed by atoms with Gasteiger partial charge in [0.2, 0.25) is 17.7 Å². The zero-order valence-corrected chi connectivity index (χ0v) is 30.0. The molecule has 0 saturated heterocycles. The van der Waals surface area contributed by atoms with Crippen molar-refractivity contribution in [2.75, 3.05) is 13.1 Å². The SMILES string of the molecule is Cc1nn(-c2ccccc2)c(C)c1CC(=O)N1CC(=O)N[C@@H](C(C)C)c2nc(cs2)C(=O)N[C@H](C(C)C)c2nc(c(C)o2)C(=O)N[C@H](C)C1. The van der Waals surface area contributed by atoms with Crippen LogP contribution in [-0.4, -0.2) is 67.4 Å². The van der Waals surface area contributed by atoms with Gasteiger partial charge in [0.25, 0.3) is 11.8 Å². The van der Waals surface area contributed by atoms with Crippen LogP contribution in [0.2, 0.25) is 0 Å². The molecule has 0 radical (unpaired) electrons. The number of fused-ring (bicyclic) bond motifs is 4.